The SMILES string of the molecule is CCCOc1c(C#N)c(N2CCNCC2)nc2ccccc12. The molecule has 1 aliphatic heterocycles. The quantitative estimate of drug-likeness (QED) is 0.938. The van der Waals surface area contributed by atoms with Gasteiger partial charge in [-0.2, -0.15) is 5.26 Å². The van der Waals surface area contributed by atoms with E-state index in [0.717, 1.165) is 49.3 Å². The third-order valence-corrected chi connectivity index (χ3v) is 3.80. The van der Waals surface area contributed by atoms with Gasteiger partial charge < -0.3 is 15.0 Å². The van der Waals surface area contributed by atoms with Crippen molar-refractivity contribution in [2.75, 3.05) is 37.7 Å². The van der Waals surface area contributed by atoms with Crippen LogP contribution < -0.4 is 15.0 Å². The number of anilines is 1. The minimum Gasteiger partial charge on any atom is -0.491 e. The molecule has 0 bridgehead atoms. The summed E-state index contributed by atoms with van der Waals surface area (Å²) in [5.41, 5.74) is 1.43. The van der Waals surface area contributed by atoms with Crippen LogP contribution in [-0.4, -0.2) is 37.8 Å². The molecule has 0 spiro atoms. The van der Waals surface area contributed by atoms with Crippen molar-refractivity contribution in [2.24, 2.45) is 0 Å². The maximum atomic E-state index is 9.68. The third kappa shape index (κ3) is 2.70. The average Bonchev–Trinajstić information content (AvgIpc) is 2.59. The Morgan fingerprint density at radius 2 is 2.09 bits per heavy atom. The number of nitrogens with zero attached hydrogens (tertiary/aromatic N) is 3. The van der Waals surface area contributed by atoms with E-state index in [2.05, 4.69) is 23.2 Å². The van der Waals surface area contributed by atoms with Crippen LogP contribution in [0.3, 0.4) is 0 Å². The van der Waals surface area contributed by atoms with Crippen LogP contribution in [0.4, 0.5) is 5.82 Å². The minimum atomic E-state index is 0.550. The van der Waals surface area contributed by atoms with Crippen LogP contribution in [0.1, 0.15) is 18.9 Å². The van der Waals surface area contributed by atoms with Gasteiger partial charge in [0, 0.05) is 31.6 Å². The van der Waals surface area contributed by atoms with Crippen LogP contribution in [0.15, 0.2) is 24.3 Å². The van der Waals surface area contributed by atoms with Crippen LogP contribution in [0.5, 0.6) is 5.75 Å². The molecule has 3 rings (SSSR count). The molecule has 1 aromatic carbocycles. The van der Waals surface area contributed by atoms with Crippen LogP contribution in [0, 0.1) is 11.3 Å². The number of hydrogen-bond acceptors (Lipinski definition) is 5. The Morgan fingerprint density at radius 1 is 1.32 bits per heavy atom. The molecule has 0 atom stereocenters. The highest BCUT2D eigenvalue weighted by molar-refractivity contribution is 5.90. The molecule has 1 N–H and O–H groups in total. The molecule has 0 saturated carbocycles. The maximum Gasteiger partial charge on any atom is 0.151 e. The number of nitriles is 1. The number of pyridine rings is 1. The van der Waals surface area contributed by atoms with Gasteiger partial charge in [-0.05, 0) is 18.6 Å². The van der Waals surface area contributed by atoms with Gasteiger partial charge in [0.25, 0.3) is 0 Å². The Labute approximate surface area is 130 Å². The van der Waals surface area contributed by atoms with Crippen LogP contribution in [0.2, 0.25) is 0 Å². The summed E-state index contributed by atoms with van der Waals surface area (Å²) in [6.45, 7) is 6.19. The van der Waals surface area contributed by atoms with E-state index in [0.29, 0.717) is 17.9 Å². The Bertz CT molecular complexity index is 702. The van der Waals surface area contributed by atoms with Crippen molar-refractivity contribution >= 4 is 16.7 Å². The van der Waals surface area contributed by atoms with Crippen molar-refractivity contribution in [3.8, 4) is 11.8 Å². The molecule has 2 aromatic rings. The monoisotopic (exact) mass is 296 g/mol. The zero-order valence-corrected chi connectivity index (χ0v) is 12.8. The lowest BCUT2D eigenvalue weighted by Crippen LogP contribution is -2.44. The molecule has 1 saturated heterocycles. The first-order valence-electron chi connectivity index (χ1n) is 7.76. The Kier molecular flexibility index (Phi) is 4.40. The van der Waals surface area contributed by atoms with Crippen molar-refractivity contribution in [3.05, 3.63) is 29.8 Å². The molecule has 1 fully saturated rings. The minimum absolute atomic E-state index is 0.550. The summed E-state index contributed by atoms with van der Waals surface area (Å²) < 4.78 is 5.92. The fraction of sp³-hybridized carbons (Fsp3) is 0.412. The maximum absolute atomic E-state index is 9.68. The normalized spacial score (nSPS) is 14.8. The second kappa shape index (κ2) is 6.63. The van der Waals surface area contributed by atoms with E-state index in [1.165, 1.54) is 0 Å². The first-order valence-corrected chi connectivity index (χ1v) is 7.76. The number of fused-ring (bicyclic) bond motifs is 1. The summed E-state index contributed by atoms with van der Waals surface area (Å²) >= 11 is 0. The van der Waals surface area contributed by atoms with E-state index >= 15 is 0 Å². The number of hydrogen-bond donors (Lipinski definition) is 1. The topological polar surface area (TPSA) is 61.2 Å². The largest absolute Gasteiger partial charge is 0.491 e. The summed E-state index contributed by atoms with van der Waals surface area (Å²) in [4.78, 5) is 6.90. The number of nitrogens with one attached hydrogen (secondary N) is 1. The molecular weight excluding hydrogens is 276 g/mol. The number of aromatic nitrogens is 1. The van der Waals surface area contributed by atoms with E-state index in [9.17, 15) is 5.26 Å². The second-order valence-corrected chi connectivity index (χ2v) is 5.35. The lowest BCUT2D eigenvalue weighted by Gasteiger charge is -2.29. The fourth-order valence-electron chi connectivity index (χ4n) is 2.73. The molecule has 5 heteroatoms. The first-order chi connectivity index (χ1) is 10.8. The summed E-state index contributed by atoms with van der Waals surface area (Å²) in [6, 6.07) is 10.2. The molecule has 0 amide bonds. The van der Waals surface area contributed by atoms with Crippen molar-refractivity contribution in [1.82, 2.24) is 10.3 Å². The van der Waals surface area contributed by atoms with Gasteiger partial charge in [-0.25, -0.2) is 4.98 Å². The number of para-hydroxylation sites is 1. The number of ether oxygens (including phenoxy) is 1. The molecule has 0 radical (unpaired) electrons. The van der Waals surface area contributed by atoms with Crippen LogP contribution in [0.25, 0.3) is 10.9 Å². The van der Waals surface area contributed by atoms with Gasteiger partial charge in [0.1, 0.15) is 17.4 Å². The highest BCUT2D eigenvalue weighted by atomic mass is 16.5. The van der Waals surface area contributed by atoms with E-state index in [1.54, 1.807) is 0 Å². The lowest BCUT2D eigenvalue weighted by atomic mass is 10.1. The summed E-state index contributed by atoms with van der Waals surface area (Å²) in [5, 5.41) is 13.9. The Balaban J connectivity index is 2.16. The summed E-state index contributed by atoms with van der Waals surface area (Å²) in [6.07, 6.45) is 0.907. The average molecular weight is 296 g/mol. The first kappa shape index (κ1) is 14.6. The highest BCUT2D eigenvalue weighted by Crippen LogP contribution is 2.34. The molecule has 2 heterocycles. The van der Waals surface area contributed by atoms with Crippen LogP contribution in [-0.2, 0) is 0 Å². The van der Waals surface area contributed by atoms with E-state index in [4.69, 9.17) is 9.72 Å². The van der Waals surface area contributed by atoms with E-state index in [1.807, 2.05) is 24.3 Å². The fourth-order valence-corrected chi connectivity index (χ4v) is 2.73. The Morgan fingerprint density at radius 3 is 2.82 bits per heavy atom. The van der Waals surface area contributed by atoms with E-state index < -0.39 is 0 Å². The third-order valence-electron chi connectivity index (χ3n) is 3.80. The molecule has 22 heavy (non-hydrogen) atoms. The van der Waals surface area contributed by atoms with Gasteiger partial charge in [-0.15, -0.1) is 0 Å². The van der Waals surface area contributed by atoms with Crippen molar-refractivity contribution in [1.29, 1.82) is 5.26 Å². The molecular formula is C17H20N4O. The zero-order valence-electron chi connectivity index (χ0n) is 12.8. The van der Waals surface area contributed by atoms with Crippen molar-refractivity contribution in [3.63, 3.8) is 0 Å². The smallest absolute Gasteiger partial charge is 0.151 e. The predicted octanol–water partition coefficient (Wildman–Crippen LogP) is 2.30. The molecule has 114 valence electrons. The molecule has 0 unspecified atom stereocenters. The van der Waals surface area contributed by atoms with Crippen molar-refractivity contribution in [2.45, 2.75) is 13.3 Å². The van der Waals surface area contributed by atoms with Crippen LogP contribution >= 0.6 is 0 Å². The van der Waals surface area contributed by atoms with Gasteiger partial charge in [0.15, 0.2) is 5.82 Å². The van der Waals surface area contributed by atoms with E-state index in [-0.39, 0.29) is 0 Å². The standard InChI is InChI=1S/C17H20N4O/c1-2-11-22-16-13-5-3-4-6-15(13)20-17(14(16)12-18)21-9-7-19-8-10-21/h3-6,19H,2,7-11H2,1H3. The van der Waals surface area contributed by atoms with Gasteiger partial charge in [0.2, 0.25) is 0 Å². The Hall–Kier alpha value is -2.32. The number of rotatable bonds is 4. The van der Waals surface area contributed by atoms with Gasteiger partial charge in [-0.3, -0.25) is 0 Å². The summed E-state index contributed by atoms with van der Waals surface area (Å²) in [7, 11) is 0. The molecule has 1 aliphatic rings. The van der Waals surface area contributed by atoms with Gasteiger partial charge >= 0.3 is 0 Å². The molecule has 1 aromatic heterocycles. The summed E-state index contributed by atoms with van der Waals surface area (Å²) in [5.74, 6) is 1.41. The zero-order chi connectivity index (χ0) is 15.4. The highest BCUT2D eigenvalue weighted by Gasteiger charge is 2.21. The van der Waals surface area contributed by atoms with Gasteiger partial charge in [0.05, 0.1) is 12.1 Å². The predicted molar refractivity (Wildman–Crippen MR) is 87.3 cm³/mol. The molecule has 5 nitrogen and oxygen atoms in total. The van der Waals surface area contributed by atoms with Gasteiger partial charge in [-0.1, -0.05) is 19.1 Å². The second-order valence-electron chi connectivity index (χ2n) is 5.35. The van der Waals surface area contributed by atoms with Crippen molar-refractivity contribution < 1.29 is 4.74 Å². The lowest BCUT2D eigenvalue weighted by molar-refractivity contribution is 0.320. The molecule has 0 aliphatic carbocycles. The number of piperazine rings is 1. The number of benzene rings is 1.